The predicted molar refractivity (Wildman–Crippen MR) is 80.3 cm³/mol. The highest BCUT2D eigenvalue weighted by Crippen LogP contribution is 2.23. The Balaban J connectivity index is 1.89. The van der Waals surface area contributed by atoms with Gasteiger partial charge in [0.05, 0.1) is 24.4 Å². The smallest absolute Gasteiger partial charge is 0.119 e. The standard InChI is InChI=1S/C15H17N5O/c1-19-10-12(8-18-19)15-9-17-11-20(15)13-2-4-14(5-3-13)21-7-6-16/h2-5,8-11H,6-7,16H2,1H3. The van der Waals surface area contributed by atoms with Crippen molar-refractivity contribution in [3.05, 3.63) is 49.2 Å². The van der Waals surface area contributed by atoms with E-state index in [-0.39, 0.29) is 0 Å². The molecule has 0 atom stereocenters. The maximum atomic E-state index is 5.48. The zero-order valence-corrected chi connectivity index (χ0v) is 11.8. The Hall–Kier alpha value is -2.60. The van der Waals surface area contributed by atoms with Gasteiger partial charge >= 0.3 is 0 Å². The van der Waals surface area contributed by atoms with Gasteiger partial charge in [-0.3, -0.25) is 9.25 Å². The number of nitrogens with two attached hydrogens (primary N) is 1. The van der Waals surface area contributed by atoms with Crippen molar-refractivity contribution in [2.75, 3.05) is 13.2 Å². The molecule has 0 radical (unpaired) electrons. The highest BCUT2D eigenvalue weighted by molar-refractivity contribution is 5.60. The summed E-state index contributed by atoms with van der Waals surface area (Å²) >= 11 is 0. The predicted octanol–water partition coefficient (Wildman–Crippen LogP) is 1.61. The number of aromatic nitrogens is 4. The van der Waals surface area contributed by atoms with Crippen LogP contribution in [0.15, 0.2) is 49.2 Å². The Labute approximate surface area is 122 Å². The second-order valence-corrected chi connectivity index (χ2v) is 4.68. The third kappa shape index (κ3) is 2.80. The molecular weight excluding hydrogens is 266 g/mol. The summed E-state index contributed by atoms with van der Waals surface area (Å²) in [6, 6.07) is 7.84. The summed E-state index contributed by atoms with van der Waals surface area (Å²) in [5.41, 5.74) is 8.47. The zero-order chi connectivity index (χ0) is 14.7. The van der Waals surface area contributed by atoms with Crippen molar-refractivity contribution in [1.82, 2.24) is 19.3 Å². The average molecular weight is 283 g/mol. The largest absolute Gasteiger partial charge is 0.492 e. The first-order chi connectivity index (χ1) is 10.3. The minimum atomic E-state index is 0.508. The molecule has 2 heterocycles. The molecule has 0 aliphatic rings. The van der Waals surface area contributed by atoms with Gasteiger partial charge in [-0.15, -0.1) is 0 Å². The molecule has 0 fully saturated rings. The Kier molecular flexibility index (Phi) is 3.70. The minimum Gasteiger partial charge on any atom is -0.492 e. The maximum absolute atomic E-state index is 5.48. The van der Waals surface area contributed by atoms with E-state index in [0.29, 0.717) is 13.2 Å². The van der Waals surface area contributed by atoms with Crippen molar-refractivity contribution in [3.63, 3.8) is 0 Å². The number of hydrogen-bond acceptors (Lipinski definition) is 4. The second-order valence-electron chi connectivity index (χ2n) is 4.68. The summed E-state index contributed by atoms with van der Waals surface area (Å²) in [5.74, 6) is 0.812. The molecule has 0 saturated carbocycles. The van der Waals surface area contributed by atoms with Crippen molar-refractivity contribution in [2.45, 2.75) is 0 Å². The Bertz CT molecular complexity index is 714. The van der Waals surface area contributed by atoms with Gasteiger partial charge in [0.1, 0.15) is 12.4 Å². The average Bonchev–Trinajstić information content (AvgIpc) is 3.14. The summed E-state index contributed by atoms with van der Waals surface area (Å²) in [7, 11) is 1.90. The fourth-order valence-corrected chi connectivity index (χ4v) is 2.15. The van der Waals surface area contributed by atoms with Crippen LogP contribution in [-0.4, -0.2) is 32.5 Å². The molecule has 0 saturated heterocycles. The van der Waals surface area contributed by atoms with Crippen LogP contribution in [0.4, 0.5) is 0 Å². The van der Waals surface area contributed by atoms with Crippen molar-refractivity contribution < 1.29 is 4.74 Å². The number of imidazole rings is 1. The summed E-state index contributed by atoms with van der Waals surface area (Å²) in [4.78, 5) is 4.23. The highest BCUT2D eigenvalue weighted by Gasteiger charge is 2.08. The lowest BCUT2D eigenvalue weighted by Gasteiger charge is -2.09. The van der Waals surface area contributed by atoms with Gasteiger partial charge in [-0.1, -0.05) is 0 Å². The monoisotopic (exact) mass is 283 g/mol. The van der Waals surface area contributed by atoms with Crippen molar-refractivity contribution in [3.8, 4) is 22.7 Å². The molecule has 0 amide bonds. The van der Waals surface area contributed by atoms with Crippen LogP contribution < -0.4 is 10.5 Å². The second kappa shape index (κ2) is 5.80. The first-order valence-corrected chi connectivity index (χ1v) is 6.72. The lowest BCUT2D eigenvalue weighted by Crippen LogP contribution is -2.10. The minimum absolute atomic E-state index is 0.508. The first-order valence-electron chi connectivity index (χ1n) is 6.72. The molecule has 3 aromatic rings. The number of rotatable bonds is 5. The molecule has 3 rings (SSSR count). The number of aryl methyl sites for hydroxylation is 1. The lowest BCUT2D eigenvalue weighted by atomic mass is 10.2. The molecule has 0 aliphatic heterocycles. The molecule has 0 aliphatic carbocycles. The summed E-state index contributed by atoms with van der Waals surface area (Å²) in [5, 5.41) is 4.20. The van der Waals surface area contributed by atoms with Gasteiger partial charge in [0.15, 0.2) is 0 Å². The normalized spacial score (nSPS) is 10.8. The lowest BCUT2D eigenvalue weighted by molar-refractivity contribution is 0.328. The molecule has 1 aromatic carbocycles. The van der Waals surface area contributed by atoms with Crippen molar-refractivity contribution >= 4 is 0 Å². The van der Waals surface area contributed by atoms with Crippen molar-refractivity contribution in [1.29, 1.82) is 0 Å². The van der Waals surface area contributed by atoms with E-state index in [9.17, 15) is 0 Å². The van der Waals surface area contributed by atoms with Gasteiger partial charge in [-0.05, 0) is 24.3 Å². The van der Waals surface area contributed by atoms with E-state index in [1.165, 1.54) is 0 Å². The Morgan fingerprint density at radius 2 is 2.00 bits per heavy atom. The van der Waals surface area contributed by atoms with Gasteiger partial charge in [-0.25, -0.2) is 4.98 Å². The van der Waals surface area contributed by atoms with Gasteiger partial charge in [0.2, 0.25) is 0 Å². The number of ether oxygens (including phenoxy) is 1. The number of hydrogen-bond donors (Lipinski definition) is 1. The van der Waals surface area contributed by atoms with E-state index in [1.54, 1.807) is 11.0 Å². The molecule has 2 aromatic heterocycles. The quantitative estimate of drug-likeness (QED) is 0.772. The van der Waals surface area contributed by atoms with Crippen LogP contribution in [0.1, 0.15) is 0 Å². The van der Waals surface area contributed by atoms with Gasteiger partial charge in [-0.2, -0.15) is 5.10 Å². The van der Waals surface area contributed by atoms with Gasteiger partial charge < -0.3 is 10.5 Å². The van der Waals surface area contributed by atoms with Crippen molar-refractivity contribution in [2.24, 2.45) is 12.8 Å². The fraction of sp³-hybridized carbons (Fsp3) is 0.200. The van der Waals surface area contributed by atoms with Crippen LogP contribution in [0.3, 0.4) is 0 Å². The Morgan fingerprint density at radius 1 is 1.19 bits per heavy atom. The van der Waals surface area contributed by atoms with Crippen LogP contribution in [0.2, 0.25) is 0 Å². The van der Waals surface area contributed by atoms with E-state index in [1.807, 2.05) is 54.5 Å². The molecule has 6 nitrogen and oxygen atoms in total. The van der Waals surface area contributed by atoms with Crippen LogP contribution >= 0.6 is 0 Å². The third-order valence-electron chi connectivity index (χ3n) is 3.14. The molecule has 0 unspecified atom stereocenters. The molecule has 0 spiro atoms. The summed E-state index contributed by atoms with van der Waals surface area (Å²) < 4.78 is 9.27. The van der Waals surface area contributed by atoms with E-state index in [2.05, 4.69) is 10.1 Å². The van der Waals surface area contributed by atoms with E-state index < -0.39 is 0 Å². The van der Waals surface area contributed by atoms with E-state index >= 15 is 0 Å². The summed E-state index contributed by atoms with van der Waals surface area (Å²) in [6.07, 6.45) is 7.41. The maximum Gasteiger partial charge on any atom is 0.119 e. The molecule has 6 heteroatoms. The van der Waals surface area contributed by atoms with E-state index in [4.69, 9.17) is 10.5 Å². The van der Waals surface area contributed by atoms with Crippen LogP contribution in [0.5, 0.6) is 5.75 Å². The number of nitrogens with zero attached hydrogens (tertiary/aromatic N) is 4. The van der Waals surface area contributed by atoms with Crippen LogP contribution in [0, 0.1) is 0 Å². The van der Waals surface area contributed by atoms with Gasteiger partial charge in [0.25, 0.3) is 0 Å². The SMILES string of the molecule is Cn1cc(-c2cncn2-c2ccc(OCCN)cc2)cn1. The highest BCUT2D eigenvalue weighted by atomic mass is 16.5. The molecule has 2 N–H and O–H groups in total. The zero-order valence-electron chi connectivity index (χ0n) is 11.8. The van der Waals surface area contributed by atoms with E-state index in [0.717, 1.165) is 22.7 Å². The third-order valence-corrected chi connectivity index (χ3v) is 3.14. The van der Waals surface area contributed by atoms with Crippen LogP contribution in [0.25, 0.3) is 16.9 Å². The molecule has 108 valence electrons. The van der Waals surface area contributed by atoms with Crippen LogP contribution in [-0.2, 0) is 7.05 Å². The summed E-state index contributed by atoms with van der Waals surface area (Å²) in [6.45, 7) is 1.03. The topological polar surface area (TPSA) is 70.9 Å². The molecule has 21 heavy (non-hydrogen) atoms. The fourth-order valence-electron chi connectivity index (χ4n) is 2.15. The molecule has 0 bridgehead atoms. The van der Waals surface area contributed by atoms with Gasteiger partial charge in [0, 0.05) is 31.0 Å². The first kappa shape index (κ1) is 13.4. The number of benzene rings is 1. The molecular formula is C15H17N5O. The Morgan fingerprint density at radius 3 is 2.67 bits per heavy atom.